The van der Waals surface area contributed by atoms with Crippen LogP contribution in [0.5, 0.6) is 5.75 Å². The van der Waals surface area contributed by atoms with Gasteiger partial charge in [0.2, 0.25) is 5.91 Å². The molecule has 98 valence electrons. The molecule has 1 saturated heterocycles. The highest BCUT2D eigenvalue weighted by Crippen LogP contribution is 2.22. The predicted molar refractivity (Wildman–Crippen MR) is 68.3 cm³/mol. The highest BCUT2D eigenvalue weighted by Gasteiger charge is 2.30. The summed E-state index contributed by atoms with van der Waals surface area (Å²) in [6, 6.07) is 7.72. The van der Waals surface area contributed by atoms with Gasteiger partial charge in [0.25, 0.3) is 0 Å². The number of hydrogen-bond acceptors (Lipinski definition) is 3. The second-order valence-corrected chi connectivity index (χ2v) is 4.48. The molecule has 2 rings (SSSR count). The van der Waals surface area contributed by atoms with Crippen molar-refractivity contribution in [3.63, 3.8) is 0 Å². The average molecular weight is 249 g/mol. The van der Waals surface area contributed by atoms with E-state index in [9.17, 15) is 9.90 Å². The summed E-state index contributed by atoms with van der Waals surface area (Å²) >= 11 is 0. The van der Waals surface area contributed by atoms with Gasteiger partial charge in [-0.15, -0.1) is 0 Å². The van der Waals surface area contributed by atoms with Crippen molar-refractivity contribution in [3.05, 3.63) is 29.8 Å². The molecule has 1 atom stereocenters. The first-order chi connectivity index (χ1) is 8.74. The fourth-order valence-electron chi connectivity index (χ4n) is 2.30. The minimum absolute atomic E-state index is 0.0340. The number of carbonyl (C=O) groups is 1. The van der Waals surface area contributed by atoms with Crippen LogP contribution in [-0.4, -0.2) is 35.2 Å². The number of benzene rings is 1. The highest BCUT2D eigenvalue weighted by atomic mass is 16.5. The predicted octanol–water partition coefficient (Wildman–Crippen LogP) is 1.57. The van der Waals surface area contributed by atoms with Crippen LogP contribution in [0.4, 0.5) is 0 Å². The summed E-state index contributed by atoms with van der Waals surface area (Å²) < 4.78 is 5.44. The van der Waals surface area contributed by atoms with Gasteiger partial charge in [-0.25, -0.2) is 0 Å². The summed E-state index contributed by atoms with van der Waals surface area (Å²) in [4.78, 5) is 13.5. The van der Waals surface area contributed by atoms with Crippen LogP contribution >= 0.6 is 0 Å². The Morgan fingerprint density at radius 2 is 2.33 bits per heavy atom. The van der Waals surface area contributed by atoms with E-state index in [-0.39, 0.29) is 18.6 Å². The Morgan fingerprint density at radius 1 is 1.50 bits per heavy atom. The lowest BCUT2D eigenvalue weighted by Gasteiger charge is -2.23. The van der Waals surface area contributed by atoms with Crippen molar-refractivity contribution in [1.82, 2.24) is 4.90 Å². The van der Waals surface area contributed by atoms with Crippen molar-refractivity contribution in [2.45, 2.75) is 32.4 Å². The third-order valence-electron chi connectivity index (χ3n) is 3.23. The van der Waals surface area contributed by atoms with Crippen LogP contribution in [0.3, 0.4) is 0 Å². The molecule has 0 aromatic heterocycles. The smallest absolute Gasteiger partial charge is 0.223 e. The number of hydrogen-bond donors (Lipinski definition) is 1. The summed E-state index contributed by atoms with van der Waals surface area (Å²) in [6.45, 7) is 3.16. The Labute approximate surface area is 107 Å². The van der Waals surface area contributed by atoms with E-state index in [2.05, 4.69) is 0 Å². The molecule has 0 saturated carbocycles. The number of likely N-dealkylation sites (tertiary alicyclic amines) is 1. The monoisotopic (exact) mass is 249 g/mol. The number of amides is 1. The molecule has 4 heteroatoms. The Kier molecular flexibility index (Phi) is 4.20. The van der Waals surface area contributed by atoms with Crippen molar-refractivity contribution in [2.75, 3.05) is 13.2 Å². The van der Waals surface area contributed by atoms with Crippen LogP contribution in [-0.2, 0) is 11.3 Å². The summed E-state index contributed by atoms with van der Waals surface area (Å²) in [6.07, 6.45) is 1.29. The largest absolute Gasteiger partial charge is 0.494 e. The molecule has 1 aliphatic rings. The lowest BCUT2D eigenvalue weighted by Crippen LogP contribution is -2.34. The van der Waals surface area contributed by atoms with E-state index < -0.39 is 0 Å². The van der Waals surface area contributed by atoms with Crippen LogP contribution in [0.15, 0.2) is 24.3 Å². The van der Waals surface area contributed by atoms with Crippen molar-refractivity contribution >= 4 is 5.91 Å². The van der Waals surface area contributed by atoms with Gasteiger partial charge in [-0.05, 0) is 31.0 Å². The average Bonchev–Trinajstić information content (AvgIpc) is 2.72. The number of ether oxygens (including phenoxy) is 1. The molecular weight excluding hydrogens is 230 g/mol. The molecule has 1 aromatic carbocycles. The Bertz CT molecular complexity index is 419. The van der Waals surface area contributed by atoms with Crippen LogP contribution < -0.4 is 4.74 Å². The number of aliphatic hydroxyl groups excluding tert-OH is 1. The molecule has 0 aliphatic carbocycles. The Hall–Kier alpha value is -1.55. The van der Waals surface area contributed by atoms with E-state index in [1.807, 2.05) is 31.2 Å². The molecule has 1 aliphatic heterocycles. The van der Waals surface area contributed by atoms with Crippen molar-refractivity contribution in [1.29, 1.82) is 0 Å². The maximum absolute atomic E-state index is 11.7. The van der Waals surface area contributed by atoms with Crippen molar-refractivity contribution in [2.24, 2.45) is 0 Å². The number of rotatable bonds is 5. The zero-order valence-corrected chi connectivity index (χ0v) is 10.6. The molecule has 0 radical (unpaired) electrons. The molecule has 1 N–H and O–H groups in total. The first kappa shape index (κ1) is 12.9. The molecule has 0 spiro atoms. The van der Waals surface area contributed by atoms with Gasteiger partial charge in [-0.1, -0.05) is 12.1 Å². The highest BCUT2D eigenvalue weighted by molar-refractivity contribution is 5.78. The molecule has 1 fully saturated rings. The first-order valence-corrected chi connectivity index (χ1v) is 6.36. The maximum Gasteiger partial charge on any atom is 0.223 e. The van der Waals surface area contributed by atoms with E-state index in [4.69, 9.17) is 4.74 Å². The van der Waals surface area contributed by atoms with Crippen molar-refractivity contribution in [3.8, 4) is 5.75 Å². The SMILES string of the molecule is CCOc1cccc(CN2C(=O)CCC2CO)c1. The number of carbonyl (C=O) groups excluding carboxylic acids is 1. The Morgan fingerprint density at radius 3 is 3.06 bits per heavy atom. The summed E-state index contributed by atoms with van der Waals surface area (Å²) in [5.41, 5.74) is 1.04. The van der Waals surface area contributed by atoms with Gasteiger partial charge in [-0.3, -0.25) is 4.79 Å². The Balaban J connectivity index is 2.08. The van der Waals surface area contributed by atoms with Gasteiger partial charge in [0.1, 0.15) is 5.75 Å². The number of aliphatic hydroxyl groups is 1. The van der Waals surface area contributed by atoms with E-state index in [1.165, 1.54) is 0 Å². The maximum atomic E-state index is 11.7. The van der Waals surface area contributed by atoms with Gasteiger partial charge in [0, 0.05) is 13.0 Å². The number of nitrogens with zero attached hydrogens (tertiary/aromatic N) is 1. The fourth-order valence-corrected chi connectivity index (χ4v) is 2.30. The molecule has 4 nitrogen and oxygen atoms in total. The minimum Gasteiger partial charge on any atom is -0.494 e. The van der Waals surface area contributed by atoms with Gasteiger partial charge in [0.05, 0.1) is 19.3 Å². The van der Waals surface area contributed by atoms with Crippen LogP contribution in [0.1, 0.15) is 25.3 Å². The van der Waals surface area contributed by atoms with Crippen molar-refractivity contribution < 1.29 is 14.6 Å². The normalized spacial score (nSPS) is 19.3. The zero-order valence-electron chi connectivity index (χ0n) is 10.6. The summed E-state index contributed by atoms with van der Waals surface area (Å²) in [5, 5.41) is 9.25. The van der Waals surface area contributed by atoms with E-state index in [0.717, 1.165) is 17.7 Å². The second kappa shape index (κ2) is 5.87. The molecule has 0 bridgehead atoms. The molecule has 18 heavy (non-hydrogen) atoms. The minimum atomic E-state index is -0.0340. The topological polar surface area (TPSA) is 49.8 Å². The van der Waals surface area contributed by atoms with Gasteiger partial charge >= 0.3 is 0 Å². The molecule has 1 aromatic rings. The lowest BCUT2D eigenvalue weighted by molar-refractivity contribution is -0.130. The van der Waals surface area contributed by atoms with E-state index in [1.54, 1.807) is 4.90 Å². The van der Waals surface area contributed by atoms with Gasteiger partial charge < -0.3 is 14.7 Å². The summed E-state index contributed by atoms with van der Waals surface area (Å²) in [7, 11) is 0. The summed E-state index contributed by atoms with van der Waals surface area (Å²) in [5.74, 6) is 0.943. The van der Waals surface area contributed by atoms with Crippen LogP contribution in [0, 0.1) is 0 Å². The fraction of sp³-hybridized carbons (Fsp3) is 0.500. The second-order valence-electron chi connectivity index (χ2n) is 4.48. The first-order valence-electron chi connectivity index (χ1n) is 6.36. The molecule has 1 heterocycles. The third-order valence-corrected chi connectivity index (χ3v) is 3.23. The zero-order chi connectivity index (χ0) is 13.0. The van der Waals surface area contributed by atoms with E-state index >= 15 is 0 Å². The van der Waals surface area contributed by atoms with Gasteiger partial charge in [0.15, 0.2) is 0 Å². The van der Waals surface area contributed by atoms with Gasteiger partial charge in [-0.2, -0.15) is 0 Å². The van der Waals surface area contributed by atoms with Crippen LogP contribution in [0.25, 0.3) is 0 Å². The van der Waals surface area contributed by atoms with Crippen LogP contribution in [0.2, 0.25) is 0 Å². The molecule has 1 amide bonds. The third kappa shape index (κ3) is 2.82. The molecular formula is C14H19NO3. The van der Waals surface area contributed by atoms with E-state index in [0.29, 0.717) is 19.6 Å². The quantitative estimate of drug-likeness (QED) is 0.861. The standard InChI is InChI=1S/C14H19NO3/c1-2-18-13-5-3-4-11(8-13)9-15-12(10-16)6-7-14(15)17/h3-5,8,12,16H,2,6-7,9-10H2,1H3. The lowest BCUT2D eigenvalue weighted by atomic mass is 10.2. The molecule has 1 unspecified atom stereocenters.